The molecular weight excluding hydrogens is 356 g/mol. The van der Waals surface area contributed by atoms with Gasteiger partial charge in [-0.25, -0.2) is 0 Å². The topological polar surface area (TPSA) is 67.9 Å². The van der Waals surface area contributed by atoms with Crippen molar-refractivity contribution in [1.29, 1.82) is 0 Å². The van der Waals surface area contributed by atoms with Gasteiger partial charge in [-0.15, -0.1) is 0 Å². The SMILES string of the molecule is CCNC(=O)C(C)N(Cc1ccccc1)C(=O)CCc1ccc2c(c1)OCO2. The summed E-state index contributed by atoms with van der Waals surface area (Å²) in [4.78, 5) is 27.0. The van der Waals surface area contributed by atoms with Crippen molar-refractivity contribution in [2.75, 3.05) is 13.3 Å². The number of likely N-dealkylation sites (N-methyl/N-ethyl adjacent to an activating group) is 1. The van der Waals surface area contributed by atoms with Crippen LogP contribution in [0.2, 0.25) is 0 Å². The average Bonchev–Trinajstić information content (AvgIpc) is 3.18. The summed E-state index contributed by atoms with van der Waals surface area (Å²) in [5.74, 6) is 1.24. The Kier molecular flexibility index (Phi) is 6.53. The van der Waals surface area contributed by atoms with Crippen LogP contribution in [-0.2, 0) is 22.6 Å². The Bertz CT molecular complexity index is 823. The molecule has 1 aliphatic rings. The minimum absolute atomic E-state index is 0.0553. The van der Waals surface area contributed by atoms with Crippen LogP contribution in [0.4, 0.5) is 0 Å². The first kappa shape index (κ1) is 19.7. The Morgan fingerprint density at radius 2 is 1.82 bits per heavy atom. The third-order valence-electron chi connectivity index (χ3n) is 4.78. The fraction of sp³-hybridized carbons (Fsp3) is 0.364. The van der Waals surface area contributed by atoms with Gasteiger partial charge >= 0.3 is 0 Å². The number of hydrogen-bond acceptors (Lipinski definition) is 4. The summed E-state index contributed by atoms with van der Waals surface area (Å²) in [7, 11) is 0. The third-order valence-corrected chi connectivity index (χ3v) is 4.78. The molecule has 0 aromatic heterocycles. The minimum Gasteiger partial charge on any atom is -0.454 e. The number of aryl methyl sites for hydroxylation is 1. The van der Waals surface area contributed by atoms with Crippen LogP contribution in [0.5, 0.6) is 11.5 Å². The van der Waals surface area contributed by atoms with E-state index in [1.165, 1.54) is 0 Å². The third kappa shape index (κ3) is 4.82. The first-order valence-corrected chi connectivity index (χ1v) is 9.58. The molecule has 148 valence electrons. The van der Waals surface area contributed by atoms with E-state index >= 15 is 0 Å². The molecule has 2 amide bonds. The zero-order valence-corrected chi connectivity index (χ0v) is 16.3. The first-order valence-electron chi connectivity index (χ1n) is 9.58. The van der Waals surface area contributed by atoms with Crippen molar-refractivity contribution >= 4 is 11.8 Å². The van der Waals surface area contributed by atoms with Gasteiger partial charge in [0.05, 0.1) is 0 Å². The van der Waals surface area contributed by atoms with Gasteiger partial charge in [0.2, 0.25) is 18.6 Å². The van der Waals surface area contributed by atoms with E-state index in [0.717, 1.165) is 16.9 Å². The van der Waals surface area contributed by atoms with Crippen molar-refractivity contribution < 1.29 is 19.1 Å². The summed E-state index contributed by atoms with van der Waals surface area (Å²) in [5.41, 5.74) is 2.00. The number of rotatable bonds is 8. The molecule has 2 aromatic carbocycles. The number of nitrogens with one attached hydrogen (secondary N) is 1. The lowest BCUT2D eigenvalue weighted by atomic mass is 10.1. The van der Waals surface area contributed by atoms with Gasteiger partial charge in [-0.1, -0.05) is 36.4 Å². The Balaban J connectivity index is 1.69. The molecule has 1 atom stereocenters. The summed E-state index contributed by atoms with van der Waals surface area (Å²) in [6, 6.07) is 14.9. The van der Waals surface area contributed by atoms with Crippen molar-refractivity contribution in [2.45, 2.75) is 39.3 Å². The molecule has 1 unspecified atom stereocenters. The molecule has 0 bridgehead atoms. The average molecular weight is 382 g/mol. The molecule has 6 nitrogen and oxygen atoms in total. The van der Waals surface area contributed by atoms with E-state index in [4.69, 9.17) is 9.47 Å². The fourth-order valence-corrected chi connectivity index (χ4v) is 3.18. The van der Waals surface area contributed by atoms with Gasteiger partial charge in [0, 0.05) is 19.5 Å². The van der Waals surface area contributed by atoms with Crippen LogP contribution in [0.3, 0.4) is 0 Å². The normalized spacial score (nSPS) is 13.1. The molecule has 28 heavy (non-hydrogen) atoms. The number of ether oxygens (including phenoxy) is 2. The molecule has 2 aromatic rings. The molecule has 0 fully saturated rings. The van der Waals surface area contributed by atoms with Crippen LogP contribution in [0.25, 0.3) is 0 Å². The molecule has 0 saturated heterocycles. The van der Waals surface area contributed by atoms with Crippen LogP contribution < -0.4 is 14.8 Å². The summed E-state index contributed by atoms with van der Waals surface area (Å²) in [6.45, 7) is 4.81. The standard InChI is InChI=1S/C22H26N2O4/c1-3-23-22(26)16(2)24(14-18-7-5-4-6-8-18)21(25)12-10-17-9-11-19-20(13-17)28-15-27-19/h4-9,11,13,16H,3,10,12,14-15H2,1-2H3,(H,23,26). The molecule has 3 rings (SSSR count). The Labute approximate surface area is 165 Å². The van der Waals surface area contributed by atoms with E-state index in [1.807, 2.05) is 55.5 Å². The van der Waals surface area contributed by atoms with Gasteiger partial charge in [-0.05, 0) is 43.5 Å². The van der Waals surface area contributed by atoms with Crippen molar-refractivity contribution in [3.05, 3.63) is 59.7 Å². The second kappa shape index (κ2) is 9.26. The molecule has 0 saturated carbocycles. The smallest absolute Gasteiger partial charge is 0.242 e. The Morgan fingerprint density at radius 1 is 1.07 bits per heavy atom. The summed E-state index contributed by atoms with van der Waals surface area (Å²) < 4.78 is 10.7. The number of carbonyl (C=O) groups is 2. The molecule has 0 radical (unpaired) electrons. The lowest BCUT2D eigenvalue weighted by Gasteiger charge is -2.28. The number of hydrogen-bond donors (Lipinski definition) is 1. The van der Waals surface area contributed by atoms with Crippen LogP contribution >= 0.6 is 0 Å². The highest BCUT2D eigenvalue weighted by Crippen LogP contribution is 2.32. The van der Waals surface area contributed by atoms with Crippen LogP contribution in [-0.4, -0.2) is 36.1 Å². The second-order valence-electron chi connectivity index (χ2n) is 6.77. The number of carbonyl (C=O) groups excluding carboxylic acids is 2. The van der Waals surface area contributed by atoms with Crippen molar-refractivity contribution in [2.24, 2.45) is 0 Å². The number of fused-ring (bicyclic) bond motifs is 1. The van der Waals surface area contributed by atoms with Crippen LogP contribution in [0, 0.1) is 0 Å². The van der Waals surface area contributed by atoms with Gasteiger partial charge in [0.25, 0.3) is 0 Å². The molecule has 1 aliphatic heterocycles. The monoisotopic (exact) mass is 382 g/mol. The predicted octanol–water partition coefficient (Wildman–Crippen LogP) is 2.90. The molecule has 6 heteroatoms. The van der Waals surface area contributed by atoms with E-state index in [-0.39, 0.29) is 18.6 Å². The lowest BCUT2D eigenvalue weighted by molar-refractivity contribution is -0.140. The molecule has 1 heterocycles. The predicted molar refractivity (Wildman–Crippen MR) is 106 cm³/mol. The zero-order valence-electron chi connectivity index (χ0n) is 16.3. The zero-order chi connectivity index (χ0) is 19.9. The Morgan fingerprint density at radius 3 is 2.57 bits per heavy atom. The first-order chi connectivity index (χ1) is 13.6. The van der Waals surface area contributed by atoms with Crippen molar-refractivity contribution in [1.82, 2.24) is 10.2 Å². The second-order valence-corrected chi connectivity index (χ2v) is 6.77. The number of nitrogens with zero attached hydrogens (tertiary/aromatic N) is 1. The number of amides is 2. The largest absolute Gasteiger partial charge is 0.454 e. The maximum absolute atomic E-state index is 13.0. The summed E-state index contributed by atoms with van der Waals surface area (Å²) in [6.07, 6.45) is 0.888. The van der Waals surface area contributed by atoms with Gasteiger partial charge < -0.3 is 19.7 Å². The van der Waals surface area contributed by atoms with Gasteiger partial charge in [-0.3, -0.25) is 9.59 Å². The maximum atomic E-state index is 13.0. The van der Waals surface area contributed by atoms with Crippen LogP contribution in [0.1, 0.15) is 31.4 Å². The van der Waals surface area contributed by atoms with Crippen molar-refractivity contribution in [3.63, 3.8) is 0 Å². The fourth-order valence-electron chi connectivity index (χ4n) is 3.18. The molecule has 0 spiro atoms. The van der Waals surface area contributed by atoms with Crippen molar-refractivity contribution in [3.8, 4) is 11.5 Å². The molecule has 0 aliphatic carbocycles. The van der Waals surface area contributed by atoms with Gasteiger partial charge in [-0.2, -0.15) is 0 Å². The Hall–Kier alpha value is -3.02. The van der Waals surface area contributed by atoms with E-state index < -0.39 is 6.04 Å². The van der Waals surface area contributed by atoms with E-state index in [1.54, 1.807) is 11.8 Å². The molecule has 1 N–H and O–H groups in total. The highest BCUT2D eigenvalue weighted by molar-refractivity contribution is 5.87. The van der Waals surface area contributed by atoms with Gasteiger partial charge in [0.1, 0.15) is 6.04 Å². The quantitative estimate of drug-likeness (QED) is 0.762. The lowest BCUT2D eigenvalue weighted by Crippen LogP contribution is -2.47. The molecular formula is C22H26N2O4. The van der Waals surface area contributed by atoms with E-state index in [9.17, 15) is 9.59 Å². The highest BCUT2D eigenvalue weighted by atomic mass is 16.7. The summed E-state index contributed by atoms with van der Waals surface area (Å²) >= 11 is 0. The highest BCUT2D eigenvalue weighted by Gasteiger charge is 2.25. The minimum atomic E-state index is -0.538. The summed E-state index contributed by atoms with van der Waals surface area (Å²) in [5, 5.41) is 2.81. The number of benzene rings is 2. The maximum Gasteiger partial charge on any atom is 0.242 e. The van der Waals surface area contributed by atoms with E-state index in [0.29, 0.717) is 31.7 Å². The van der Waals surface area contributed by atoms with Gasteiger partial charge in [0.15, 0.2) is 11.5 Å². The van der Waals surface area contributed by atoms with E-state index in [2.05, 4.69) is 5.32 Å². The van der Waals surface area contributed by atoms with Crippen LogP contribution in [0.15, 0.2) is 48.5 Å².